The summed E-state index contributed by atoms with van der Waals surface area (Å²) in [5.74, 6) is -0.132. The van der Waals surface area contributed by atoms with Crippen molar-refractivity contribution in [1.29, 1.82) is 0 Å². The molecule has 154 valence electrons. The third-order valence-corrected chi connectivity index (χ3v) is 6.43. The predicted molar refractivity (Wildman–Crippen MR) is 126 cm³/mol. The average Bonchev–Trinajstić information content (AvgIpc) is 3.26. The van der Waals surface area contributed by atoms with Crippen LogP contribution >= 0.6 is 11.3 Å². The number of carbonyl (C=O) groups excluding carboxylic acids is 1. The van der Waals surface area contributed by atoms with Crippen molar-refractivity contribution in [2.45, 2.75) is 19.5 Å². The molecular formula is C26H23N3OS. The van der Waals surface area contributed by atoms with E-state index in [0.29, 0.717) is 10.7 Å². The van der Waals surface area contributed by atoms with E-state index in [2.05, 4.69) is 51.6 Å². The van der Waals surface area contributed by atoms with E-state index < -0.39 is 0 Å². The molecule has 0 radical (unpaired) electrons. The van der Waals surface area contributed by atoms with Gasteiger partial charge in [-0.1, -0.05) is 66.7 Å². The Hall–Kier alpha value is -3.28. The van der Waals surface area contributed by atoms with Crippen molar-refractivity contribution in [2.75, 3.05) is 11.9 Å². The quantitative estimate of drug-likeness (QED) is 0.451. The molecule has 1 aromatic heterocycles. The molecule has 0 saturated heterocycles. The molecular weight excluding hydrogens is 402 g/mol. The van der Waals surface area contributed by atoms with Crippen LogP contribution in [0.25, 0.3) is 11.1 Å². The Morgan fingerprint density at radius 1 is 0.903 bits per heavy atom. The number of hydrogen-bond donors (Lipinski definition) is 1. The van der Waals surface area contributed by atoms with Gasteiger partial charge in [0.2, 0.25) is 0 Å². The van der Waals surface area contributed by atoms with Crippen LogP contribution in [0.2, 0.25) is 0 Å². The lowest BCUT2D eigenvalue weighted by molar-refractivity contribution is 0.102. The minimum Gasteiger partial charge on any atom is -0.298 e. The standard InChI is InChI=1S/C26H23N3OS/c30-25(22-12-10-21(11-13-22)19-6-2-1-3-7-19)28-26-27-24(18-31-26)17-29-15-14-20-8-4-5-9-23(20)16-29/h1-13,18H,14-17H2,(H,27,28,30). The van der Waals surface area contributed by atoms with Crippen molar-refractivity contribution in [3.05, 3.63) is 107 Å². The van der Waals surface area contributed by atoms with Gasteiger partial charge in [-0.25, -0.2) is 4.98 Å². The molecule has 0 aliphatic carbocycles. The largest absolute Gasteiger partial charge is 0.298 e. The van der Waals surface area contributed by atoms with E-state index in [1.807, 2.05) is 47.8 Å². The molecule has 4 aromatic rings. The lowest BCUT2D eigenvalue weighted by Gasteiger charge is -2.27. The van der Waals surface area contributed by atoms with Crippen LogP contribution in [0.1, 0.15) is 27.2 Å². The number of hydrogen-bond acceptors (Lipinski definition) is 4. The average molecular weight is 426 g/mol. The van der Waals surface area contributed by atoms with Gasteiger partial charge in [0.25, 0.3) is 5.91 Å². The Morgan fingerprint density at radius 2 is 1.61 bits per heavy atom. The van der Waals surface area contributed by atoms with Gasteiger partial charge in [0.15, 0.2) is 5.13 Å². The Labute approximate surface area is 186 Å². The van der Waals surface area contributed by atoms with Crippen molar-refractivity contribution in [1.82, 2.24) is 9.88 Å². The van der Waals surface area contributed by atoms with E-state index in [1.54, 1.807) is 0 Å². The zero-order valence-electron chi connectivity index (χ0n) is 17.1. The number of aromatic nitrogens is 1. The van der Waals surface area contributed by atoms with Gasteiger partial charge in [0.05, 0.1) is 5.69 Å². The molecule has 1 amide bonds. The van der Waals surface area contributed by atoms with Crippen LogP contribution in [0, 0.1) is 0 Å². The Balaban J connectivity index is 1.20. The van der Waals surface area contributed by atoms with Crippen LogP contribution in [-0.4, -0.2) is 22.3 Å². The Kier molecular flexibility index (Phi) is 5.61. The number of carbonyl (C=O) groups is 1. The number of nitrogens with zero attached hydrogens (tertiary/aromatic N) is 2. The van der Waals surface area contributed by atoms with Crippen LogP contribution in [0.5, 0.6) is 0 Å². The molecule has 31 heavy (non-hydrogen) atoms. The van der Waals surface area contributed by atoms with Crippen LogP contribution in [-0.2, 0) is 19.5 Å². The number of rotatable bonds is 5. The van der Waals surface area contributed by atoms with Gasteiger partial charge >= 0.3 is 0 Å². The molecule has 0 unspecified atom stereocenters. The van der Waals surface area contributed by atoms with E-state index in [4.69, 9.17) is 0 Å². The SMILES string of the molecule is O=C(Nc1nc(CN2CCc3ccccc3C2)cs1)c1ccc(-c2ccccc2)cc1. The summed E-state index contributed by atoms with van der Waals surface area (Å²) in [7, 11) is 0. The zero-order chi connectivity index (χ0) is 21.0. The molecule has 0 atom stereocenters. The molecule has 2 heterocycles. The predicted octanol–water partition coefficient (Wildman–Crippen LogP) is 5.62. The third kappa shape index (κ3) is 4.58. The Morgan fingerprint density at radius 3 is 2.42 bits per heavy atom. The van der Waals surface area contributed by atoms with E-state index in [1.165, 1.54) is 22.5 Å². The first-order valence-electron chi connectivity index (χ1n) is 10.4. The second-order valence-corrected chi connectivity index (χ2v) is 8.63. The van der Waals surface area contributed by atoms with Gasteiger partial charge in [0.1, 0.15) is 0 Å². The summed E-state index contributed by atoms with van der Waals surface area (Å²) in [6.45, 7) is 2.78. The van der Waals surface area contributed by atoms with Crippen molar-refractivity contribution in [3.8, 4) is 11.1 Å². The maximum Gasteiger partial charge on any atom is 0.257 e. The number of fused-ring (bicyclic) bond motifs is 1. The third-order valence-electron chi connectivity index (χ3n) is 5.62. The Bertz CT molecular complexity index is 1180. The second kappa shape index (κ2) is 8.84. The van der Waals surface area contributed by atoms with Crippen LogP contribution in [0.15, 0.2) is 84.2 Å². The number of thiazole rings is 1. The van der Waals surface area contributed by atoms with Gasteiger partial charge in [-0.05, 0) is 40.8 Å². The highest BCUT2D eigenvalue weighted by Gasteiger charge is 2.17. The maximum absolute atomic E-state index is 12.6. The van der Waals surface area contributed by atoms with E-state index in [-0.39, 0.29) is 5.91 Å². The van der Waals surface area contributed by atoms with Gasteiger partial charge in [-0.2, -0.15) is 0 Å². The van der Waals surface area contributed by atoms with E-state index >= 15 is 0 Å². The smallest absolute Gasteiger partial charge is 0.257 e. The highest BCUT2D eigenvalue weighted by atomic mass is 32.1. The summed E-state index contributed by atoms with van der Waals surface area (Å²) in [6.07, 6.45) is 1.07. The minimum atomic E-state index is -0.132. The number of benzene rings is 3. The number of nitrogens with one attached hydrogen (secondary N) is 1. The fourth-order valence-corrected chi connectivity index (χ4v) is 4.67. The summed E-state index contributed by atoms with van der Waals surface area (Å²) >= 11 is 1.48. The molecule has 4 nitrogen and oxygen atoms in total. The number of amides is 1. The van der Waals surface area contributed by atoms with E-state index in [9.17, 15) is 4.79 Å². The lowest BCUT2D eigenvalue weighted by atomic mass is 10.00. The molecule has 0 bridgehead atoms. The highest BCUT2D eigenvalue weighted by Crippen LogP contribution is 2.23. The van der Waals surface area contributed by atoms with Crippen molar-refractivity contribution < 1.29 is 4.79 Å². The molecule has 3 aromatic carbocycles. The first-order chi connectivity index (χ1) is 15.2. The second-order valence-electron chi connectivity index (χ2n) is 7.77. The number of anilines is 1. The van der Waals surface area contributed by atoms with Crippen molar-refractivity contribution in [2.24, 2.45) is 0 Å². The van der Waals surface area contributed by atoms with Crippen LogP contribution in [0.3, 0.4) is 0 Å². The van der Waals surface area contributed by atoms with E-state index in [0.717, 1.165) is 42.9 Å². The van der Waals surface area contributed by atoms with Crippen molar-refractivity contribution >= 4 is 22.4 Å². The van der Waals surface area contributed by atoms with Gasteiger partial charge in [0, 0.05) is 30.6 Å². The van der Waals surface area contributed by atoms with Crippen LogP contribution in [0.4, 0.5) is 5.13 Å². The minimum absolute atomic E-state index is 0.132. The molecule has 1 N–H and O–H groups in total. The molecule has 0 saturated carbocycles. The van der Waals surface area contributed by atoms with Gasteiger partial charge < -0.3 is 0 Å². The molecule has 5 rings (SSSR count). The maximum atomic E-state index is 12.6. The highest BCUT2D eigenvalue weighted by molar-refractivity contribution is 7.14. The summed E-state index contributed by atoms with van der Waals surface area (Å²) in [4.78, 5) is 19.7. The zero-order valence-corrected chi connectivity index (χ0v) is 17.9. The fraction of sp³-hybridized carbons (Fsp3) is 0.154. The molecule has 1 aliphatic heterocycles. The molecule has 0 spiro atoms. The molecule has 5 heteroatoms. The molecule has 1 aliphatic rings. The lowest BCUT2D eigenvalue weighted by Crippen LogP contribution is -2.30. The van der Waals surface area contributed by atoms with Crippen LogP contribution < -0.4 is 5.32 Å². The first kappa shape index (κ1) is 19.7. The topological polar surface area (TPSA) is 45.2 Å². The van der Waals surface area contributed by atoms with Gasteiger partial charge in [-0.15, -0.1) is 11.3 Å². The van der Waals surface area contributed by atoms with Crippen molar-refractivity contribution in [3.63, 3.8) is 0 Å². The monoisotopic (exact) mass is 425 g/mol. The summed E-state index contributed by atoms with van der Waals surface area (Å²) < 4.78 is 0. The fourth-order valence-electron chi connectivity index (χ4n) is 3.97. The summed E-state index contributed by atoms with van der Waals surface area (Å²) in [5, 5.41) is 5.62. The first-order valence-corrected chi connectivity index (χ1v) is 11.3. The summed E-state index contributed by atoms with van der Waals surface area (Å²) in [6, 6.07) is 26.5. The summed E-state index contributed by atoms with van der Waals surface area (Å²) in [5.41, 5.74) is 6.71. The molecule has 0 fully saturated rings. The normalized spacial score (nSPS) is 13.5. The van der Waals surface area contributed by atoms with Gasteiger partial charge in [-0.3, -0.25) is 15.0 Å².